The molecule has 5 heteroatoms. The van der Waals surface area contributed by atoms with E-state index in [1.807, 2.05) is 13.1 Å². The molecule has 0 aliphatic carbocycles. The van der Waals surface area contributed by atoms with Gasteiger partial charge in [-0.3, -0.25) is 0 Å². The van der Waals surface area contributed by atoms with Crippen molar-refractivity contribution >= 4 is 8.56 Å². The molecular formula is C6H16O4Si. The standard InChI is InChI=1S/C6H16O4Si/c1-11(2,9-5-3-7)10-6-4-8/h7-8H,3-6H2,1-2H3. The molecule has 4 nitrogen and oxygen atoms in total. The molecule has 0 amide bonds. The van der Waals surface area contributed by atoms with Gasteiger partial charge in [0.25, 0.3) is 0 Å². The Morgan fingerprint density at radius 1 is 1.00 bits per heavy atom. The molecule has 0 unspecified atom stereocenters. The van der Waals surface area contributed by atoms with E-state index < -0.39 is 8.56 Å². The van der Waals surface area contributed by atoms with Crippen molar-refractivity contribution in [2.45, 2.75) is 13.1 Å². The lowest BCUT2D eigenvalue weighted by atomic mass is 10.8. The zero-order valence-corrected chi connectivity index (χ0v) is 8.04. The number of aliphatic hydroxyl groups excluding tert-OH is 2. The second kappa shape index (κ2) is 5.67. The van der Waals surface area contributed by atoms with Gasteiger partial charge in [0.05, 0.1) is 26.4 Å². The molecule has 0 aromatic rings. The molecule has 0 aromatic carbocycles. The van der Waals surface area contributed by atoms with E-state index in [9.17, 15) is 0 Å². The summed E-state index contributed by atoms with van der Waals surface area (Å²) in [6.45, 7) is 4.39. The molecule has 0 fully saturated rings. The SMILES string of the molecule is C[Si](C)(OCCO)OCCO. The Hall–Kier alpha value is 0.0569. The zero-order valence-electron chi connectivity index (χ0n) is 7.04. The van der Waals surface area contributed by atoms with Gasteiger partial charge in [0.15, 0.2) is 0 Å². The van der Waals surface area contributed by atoms with Crippen molar-refractivity contribution in [2.24, 2.45) is 0 Å². The van der Waals surface area contributed by atoms with Crippen LogP contribution in [0, 0.1) is 0 Å². The van der Waals surface area contributed by atoms with Crippen LogP contribution in [0.1, 0.15) is 0 Å². The van der Waals surface area contributed by atoms with Crippen LogP contribution in [0.2, 0.25) is 13.1 Å². The smallest absolute Gasteiger partial charge is 0.331 e. The second-order valence-corrected chi connectivity index (χ2v) is 5.92. The van der Waals surface area contributed by atoms with Crippen LogP contribution in [-0.2, 0) is 8.85 Å². The van der Waals surface area contributed by atoms with E-state index in [-0.39, 0.29) is 13.2 Å². The first kappa shape index (κ1) is 11.1. The fourth-order valence-electron chi connectivity index (χ4n) is 0.625. The van der Waals surface area contributed by atoms with Crippen molar-refractivity contribution in [2.75, 3.05) is 26.4 Å². The maximum atomic E-state index is 8.45. The van der Waals surface area contributed by atoms with Gasteiger partial charge in [-0.15, -0.1) is 0 Å². The monoisotopic (exact) mass is 180 g/mol. The third-order valence-corrected chi connectivity index (χ3v) is 2.88. The first-order valence-corrected chi connectivity index (χ1v) is 6.43. The highest BCUT2D eigenvalue weighted by molar-refractivity contribution is 6.64. The average molecular weight is 180 g/mol. The van der Waals surface area contributed by atoms with Gasteiger partial charge in [-0.1, -0.05) is 0 Å². The Morgan fingerprint density at radius 3 is 1.64 bits per heavy atom. The fourth-order valence-corrected chi connectivity index (χ4v) is 1.87. The number of hydrogen-bond acceptors (Lipinski definition) is 4. The summed E-state index contributed by atoms with van der Waals surface area (Å²) in [5.41, 5.74) is 0. The molecule has 0 radical (unpaired) electrons. The Balaban J connectivity index is 3.43. The molecule has 11 heavy (non-hydrogen) atoms. The van der Waals surface area contributed by atoms with Crippen LogP contribution in [0.15, 0.2) is 0 Å². The molecule has 0 bridgehead atoms. The predicted octanol–water partition coefficient (Wildman–Crippen LogP) is -0.294. The van der Waals surface area contributed by atoms with Gasteiger partial charge < -0.3 is 19.1 Å². The topological polar surface area (TPSA) is 58.9 Å². The molecule has 0 saturated heterocycles. The lowest BCUT2D eigenvalue weighted by molar-refractivity contribution is 0.121. The minimum atomic E-state index is -2.07. The van der Waals surface area contributed by atoms with Crippen LogP contribution in [0.3, 0.4) is 0 Å². The molecule has 0 saturated carbocycles. The van der Waals surface area contributed by atoms with Gasteiger partial charge in [-0.25, -0.2) is 0 Å². The van der Waals surface area contributed by atoms with Gasteiger partial charge >= 0.3 is 8.56 Å². The normalized spacial score (nSPS) is 12.0. The first-order valence-electron chi connectivity index (χ1n) is 3.62. The van der Waals surface area contributed by atoms with Gasteiger partial charge in [0.1, 0.15) is 0 Å². The predicted molar refractivity (Wildman–Crippen MR) is 43.6 cm³/mol. The van der Waals surface area contributed by atoms with Crippen molar-refractivity contribution < 1.29 is 19.1 Å². The van der Waals surface area contributed by atoms with E-state index >= 15 is 0 Å². The average Bonchev–Trinajstić information content (AvgIpc) is 1.97. The van der Waals surface area contributed by atoms with Gasteiger partial charge in [0.2, 0.25) is 0 Å². The van der Waals surface area contributed by atoms with E-state index in [1.54, 1.807) is 0 Å². The Labute approximate surface area is 68.0 Å². The summed E-state index contributed by atoms with van der Waals surface area (Å²) in [5.74, 6) is 0. The van der Waals surface area contributed by atoms with E-state index in [2.05, 4.69) is 0 Å². The molecule has 0 aliphatic heterocycles. The molecular weight excluding hydrogens is 164 g/mol. The highest BCUT2D eigenvalue weighted by Crippen LogP contribution is 2.04. The first-order chi connectivity index (χ1) is 5.12. The quantitative estimate of drug-likeness (QED) is 0.551. The lowest BCUT2D eigenvalue weighted by Gasteiger charge is -2.21. The van der Waals surface area contributed by atoms with Gasteiger partial charge in [0, 0.05) is 0 Å². The summed E-state index contributed by atoms with van der Waals surface area (Å²) >= 11 is 0. The van der Waals surface area contributed by atoms with Crippen molar-refractivity contribution in [3.05, 3.63) is 0 Å². The number of rotatable bonds is 6. The van der Waals surface area contributed by atoms with Crippen molar-refractivity contribution in [1.29, 1.82) is 0 Å². The highest BCUT2D eigenvalue weighted by Gasteiger charge is 2.23. The van der Waals surface area contributed by atoms with E-state index in [4.69, 9.17) is 19.1 Å². The van der Waals surface area contributed by atoms with Crippen LogP contribution in [-0.4, -0.2) is 45.2 Å². The third kappa shape index (κ3) is 6.45. The third-order valence-electron chi connectivity index (χ3n) is 1.08. The molecule has 0 aromatic heterocycles. The molecule has 0 rings (SSSR count). The van der Waals surface area contributed by atoms with Crippen LogP contribution in [0.25, 0.3) is 0 Å². The molecule has 0 aliphatic rings. The number of aliphatic hydroxyl groups is 2. The Morgan fingerprint density at radius 2 is 1.36 bits per heavy atom. The van der Waals surface area contributed by atoms with Gasteiger partial charge in [-0.2, -0.15) is 0 Å². The van der Waals surface area contributed by atoms with Crippen LogP contribution >= 0.6 is 0 Å². The molecule has 0 spiro atoms. The van der Waals surface area contributed by atoms with Crippen molar-refractivity contribution in [1.82, 2.24) is 0 Å². The highest BCUT2D eigenvalue weighted by atomic mass is 28.4. The number of hydrogen-bond donors (Lipinski definition) is 2. The molecule has 0 heterocycles. The maximum Gasteiger partial charge on any atom is 0.331 e. The molecule has 68 valence electrons. The maximum absolute atomic E-state index is 8.45. The minimum Gasteiger partial charge on any atom is -0.394 e. The van der Waals surface area contributed by atoms with Gasteiger partial charge in [-0.05, 0) is 13.1 Å². The zero-order chi connectivity index (χ0) is 8.74. The van der Waals surface area contributed by atoms with Crippen LogP contribution in [0.5, 0.6) is 0 Å². The fraction of sp³-hybridized carbons (Fsp3) is 1.00. The van der Waals surface area contributed by atoms with E-state index in [1.165, 1.54) is 0 Å². The molecule has 0 atom stereocenters. The summed E-state index contributed by atoms with van der Waals surface area (Å²) in [4.78, 5) is 0. The summed E-state index contributed by atoms with van der Waals surface area (Å²) in [5, 5.41) is 16.9. The van der Waals surface area contributed by atoms with E-state index in [0.29, 0.717) is 13.2 Å². The largest absolute Gasteiger partial charge is 0.394 e. The summed E-state index contributed by atoms with van der Waals surface area (Å²) in [6.07, 6.45) is 0. The summed E-state index contributed by atoms with van der Waals surface area (Å²) < 4.78 is 10.5. The van der Waals surface area contributed by atoms with Crippen LogP contribution in [0.4, 0.5) is 0 Å². The van der Waals surface area contributed by atoms with Crippen LogP contribution < -0.4 is 0 Å². The Kier molecular flexibility index (Phi) is 5.70. The minimum absolute atomic E-state index is 0.0128. The van der Waals surface area contributed by atoms with E-state index in [0.717, 1.165) is 0 Å². The lowest BCUT2D eigenvalue weighted by Crippen LogP contribution is -2.36. The van der Waals surface area contributed by atoms with Crippen molar-refractivity contribution in [3.8, 4) is 0 Å². The molecule has 2 N–H and O–H groups in total. The van der Waals surface area contributed by atoms with Crippen molar-refractivity contribution in [3.63, 3.8) is 0 Å². The second-order valence-electron chi connectivity index (χ2n) is 2.54. The summed E-state index contributed by atoms with van der Waals surface area (Å²) in [6, 6.07) is 0. The summed E-state index contributed by atoms with van der Waals surface area (Å²) in [7, 11) is -2.07. The Bertz CT molecular complexity index is 86.6.